The highest BCUT2D eigenvalue weighted by Gasteiger charge is 2.29. The van der Waals surface area contributed by atoms with Crippen LogP contribution in [0.1, 0.15) is 56.1 Å². The molecule has 2 nitrogen and oxygen atoms in total. The quantitative estimate of drug-likeness (QED) is 0.862. The van der Waals surface area contributed by atoms with Gasteiger partial charge >= 0.3 is 0 Å². The van der Waals surface area contributed by atoms with E-state index < -0.39 is 0 Å². The smallest absolute Gasteiger partial charge is 0.0379 e. The van der Waals surface area contributed by atoms with Gasteiger partial charge < -0.3 is 5.73 Å². The third-order valence-electron chi connectivity index (χ3n) is 4.64. The Balaban J connectivity index is 2.13. The SMILES string of the molecule is Cc1cc(C(N)C2CCC(C)C(C)C2)cc(C)n1. The number of rotatable bonds is 2. The van der Waals surface area contributed by atoms with Gasteiger partial charge in [0.05, 0.1) is 0 Å². The molecular formula is C16H26N2. The molecule has 4 atom stereocenters. The maximum atomic E-state index is 6.49. The van der Waals surface area contributed by atoms with Gasteiger partial charge in [0.1, 0.15) is 0 Å². The van der Waals surface area contributed by atoms with Crippen LogP contribution in [0.5, 0.6) is 0 Å². The normalized spacial score (nSPS) is 30.2. The van der Waals surface area contributed by atoms with Crippen molar-refractivity contribution in [2.45, 2.75) is 53.0 Å². The summed E-state index contributed by atoms with van der Waals surface area (Å²) in [6, 6.07) is 4.49. The zero-order chi connectivity index (χ0) is 13.3. The number of hydrogen-bond acceptors (Lipinski definition) is 2. The topological polar surface area (TPSA) is 38.9 Å². The lowest BCUT2D eigenvalue weighted by molar-refractivity contribution is 0.186. The van der Waals surface area contributed by atoms with Crippen molar-refractivity contribution in [3.05, 3.63) is 29.1 Å². The zero-order valence-corrected chi connectivity index (χ0v) is 12.1. The summed E-state index contributed by atoms with van der Waals surface area (Å²) in [4.78, 5) is 4.43. The fourth-order valence-corrected chi connectivity index (χ4v) is 3.25. The van der Waals surface area contributed by atoms with Gasteiger partial charge in [0.2, 0.25) is 0 Å². The standard InChI is InChI=1S/C16H26N2/c1-10-5-6-14(7-11(10)2)16(17)15-8-12(3)18-13(4)9-15/h8-11,14,16H,5-7,17H2,1-4H3. The molecule has 0 aliphatic heterocycles. The third kappa shape index (κ3) is 2.92. The van der Waals surface area contributed by atoms with Crippen LogP contribution < -0.4 is 5.73 Å². The maximum absolute atomic E-state index is 6.49. The largest absolute Gasteiger partial charge is 0.324 e. The summed E-state index contributed by atoms with van der Waals surface area (Å²) in [5.41, 5.74) is 9.92. The molecule has 0 saturated heterocycles. The number of aryl methyl sites for hydroxylation is 2. The molecule has 0 bridgehead atoms. The van der Waals surface area contributed by atoms with Crippen molar-refractivity contribution >= 4 is 0 Å². The van der Waals surface area contributed by atoms with Crippen LogP contribution in [-0.4, -0.2) is 4.98 Å². The molecule has 1 aromatic heterocycles. The molecule has 2 heteroatoms. The van der Waals surface area contributed by atoms with Gasteiger partial charge in [0.15, 0.2) is 0 Å². The Labute approximate surface area is 111 Å². The van der Waals surface area contributed by atoms with Crippen molar-refractivity contribution in [1.29, 1.82) is 0 Å². The number of pyridine rings is 1. The van der Waals surface area contributed by atoms with Gasteiger partial charge in [-0.05, 0) is 62.1 Å². The average Bonchev–Trinajstić information content (AvgIpc) is 2.30. The molecule has 1 heterocycles. The molecule has 1 aromatic rings. The van der Waals surface area contributed by atoms with Crippen LogP contribution >= 0.6 is 0 Å². The Kier molecular flexibility index (Phi) is 4.06. The van der Waals surface area contributed by atoms with E-state index in [9.17, 15) is 0 Å². The Morgan fingerprint density at radius 3 is 2.28 bits per heavy atom. The molecule has 4 unspecified atom stereocenters. The monoisotopic (exact) mass is 246 g/mol. The summed E-state index contributed by atoms with van der Waals surface area (Å²) in [7, 11) is 0. The predicted molar refractivity (Wildman–Crippen MR) is 76.3 cm³/mol. The van der Waals surface area contributed by atoms with Crippen molar-refractivity contribution in [3.63, 3.8) is 0 Å². The van der Waals surface area contributed by atoms with Gasteiger partial charge in [-0.3, -0.25) is 4.98 Å². The highest BCUT2D eigenvalue weighted by molar-refractivity contribution is 5.24. The van der Waals surface area contributed by atoms with Crippen LogP contribution in [-0.2, 0) is 0 Å². The van der Waals surface area contributed by atoms with Gasteiger partial charge in [-0.15, -0.1) is 0 Å². The molecule has 1 fully saturated rings. The van der Waals surface area contributed by atoms with Crippen LogP contribution in [0.4, 0.5) is 0 Å². The minimum Gasteiger partial charge on any atom is -0.324 e. The van der Waals surface area contributed by atoms with Gasteiger partial charge in [-0.1, -0.05) is 20.3 Å². The summed E-state index contributed by atoms with van der Waals surface area (Å²) >= 11 is 0. The van der Waals surface area contributed by atoms with Crippen LogP contribution in [0.15, 0.2) is 12.1 Å². The fraction of sp³-hybridized carbons (Fsp3) is 0.688. The summed E-state index contributed by atoms with van der Waals surface area (Å²) < 4.78 is 0. The Bertz CT molecular complexity index is 393. The molecule has 0 radical (unpaired) electrons. The third-order valence-corrected chi connectivity index (χ3v) is 4.64. The van der Waals surface area contributed by atoms with E-state index in [2.05, 4.69) is 44.8 Å². The fourth-order valence-electron chi connectivity index (χ4n) is 3.25. The second-order valence-electron chi connectivity index (χ2n) is 6.24. The van der Waals surface area contributed by atoms with E-state index in [0.717, 1.165) is 23.2 Å². The number of hydrogen-bond donors (Lipinski definition) is 1. The minimum atomic E-state index is 0.181. The molecule has 2 N–H and O–H groups in total. The van der Waals surface area contributed by atoms with E-state index in [-0.39, 0.29) is 6.04 Å². The lowest BCUT2D eigenvalue weighted by Gasteiger charge is -2.35. The lowest BCUT2D eigenvalue weighted by Crippen LogP contribution is -2.29. The zero-order valence-electron chi connectivity index (χ0n) is 12.1. The molecule has 100 valence electrons. The average molecular weight is 246 g/mol. The number of nitrogens with two attached hydrogens (primary N) is 1. The second-order valence-corrected chi connectivity index (χ2v) is 6.24. The van der Waals surface area contributed by atoms with E-state index in [1.807, 2.05) is 0 Å². The highest BCUT2D eigenvalue weighted by Crippen LogP contribution is 2.38. The van der Waals surface area contributed by atoms with E-state index in [4.69, 9.17) is 5.73 Å². The summed E-state index contributed by atoms with van der Waals surface area (Å²) in [6.07, 6.45) is 3.86. The van der Waals surface area contributed by atoms with Crippen molar-refractivity contribution in [2.24, 2.45) is 23.5 Å². The Morgan fingerprint density at radius 1 is 1.11 bits per heavy atom. The molecule has 1 aliphatic rings. The molecule has 1 saturated carbocycles. The predicted octanol–water partition coefficient (Wildman–Crippen LogP) is 3.77. The number of aromatic nitrogens is 1. The van der Waals surface area contributed by atoms with Gasteiger partial charge in [0.25, 0.3) is 0 Å². The second kappa shape index (κ2) is 5.40. The van der Waals surface area contributed by atoms with E-state index in [1.165, 1.54) is 24.8 Å². The lowest BCUT2D eigenvalue weighted by atomic mass is 9.72. The highest BCUT2D eigenvalue weighted by atomic mass is 14.7. The van der Waals surface area contributed by atoms with E-state index in [1.54, 1.807) is 0 Å². The van der Waals surface area contributed by atoms with Crippen LogP contribution in [0, 0.1) is 31.6 Å². The Morgan fingerprint density at radius 2 is 1.72 bits per heavy atom. The van der Waals surface area contributed by atoms with Gasteiger partial charge in [0, 0.05) is 17.4 Å². The van der Waals surface area contributed by atoms with Crippen LogP contribution in [0.3, 0.4) is 0 Å². The summed E-state index contributed by atoms with van der Waals surface area (Å²) in [5, 5.41) is 0. The van der Waals surface area contributed by atoms with Crippen LogP contribution in [0.2, 0.25) is 0 Å². The van der Waals surface area contributed by atoms with Gasteiger partial charge in [-0.2, -0.15) is 0 Å². The first-order valence-electron chi connectivity index (χ1n) is 7.18. The van der Waals surface area contributed by atoms with Gasteiger partial charge in [-0.25, -0.2) is 0 Å². The molecule has 0 amide bonds. The molecule has 1 aliphatic carbocycles. The molecule has 0 aromatic carbocycles. The number of nitrogens with zero attached hydrogens (tertiary/aromatic N) is 1. The van der Waals surface area contributed by atoms with Crippen molar-refractivity contribution in [3.8, 4) is 0 Å². The maximum Gasteiger partial charge on any atom is 0.0379 e. The first-order valence-corrected chi connectivity index (χ1v) is 7.18. The Hall–Kier alpha value is -0.890. The molecular weight excluding hydrogens is 220 g/mol. The molecule has 2 rings (SSSR count). The minimum absolute atomic E-state index is 0.181. The van der Waals surface area contributed by atoms with E-state index >= 15 is 0 Å². The van der Waals surface area contributed by atoms with Crippen molar-refractivity contribution < 1.29 is 0 Å². The first-order chi connectivity index (χ1) is 8.47. The van der Waals surface area contributed by atoms with Crippen molar-refractivity contribution in [2.75, 3.05) is 0 Å². The molecule has 18 heavy (non-hydrogen) atoms. The summed E-state index contributed by atoms with van der Waals surface area (Å²) in [5.74, 6) is 2.30. The first kappa shape index (κ1) is 13.5. The summed E-state index contributed by atoms with van der Waals surface area (Å²) in [6.45, 7) is 8.84. The van der Waals surface area contributed by atoms with E-state index in [0.29, 0.717) is 5.92 Å². The van der Waals surface area contributed by atoms with Crippen molar-refractivity contribution in [1.82, 2.24) is 4.98 Å². The molecule has 0 spiro atoms. The van der Waals surface area contributed by atoms with Crippen LogP contribution in [0.25, 0.3) is 0 Å².